The lowest BCUT2D eigenvalue weighted by Crippen LogP contribution is -2.35. The van der Waals surface area contributed by atoms with Gasteiger partial charge in [-0.1, -0.05) is 29.8 Å². The highest BCUT2D eigenvalue weighted by atomic mass is 16.2. The minimum Gasteiger partial charge on any atom is -0.310 e. The number of carbonyl (C=O) groups is 1. The van der Waals surface area contributed by atoms with Gasteiger partial charge in [-0.25, -0.2) is 9.97 Å². The molecular weight excluding hydrogens is 250 g/mol. The van der Waals surface area contributed by atoms with Gasteiger partial charge in [0.1, 0.15) is 11.6 Å². The maximum atomic E-state index is 12.5. The molecule has 0 saturated heterocycles. The van der Waals surface area contributed by atoms with Crippen LogP contribution < -0.4 is 5.32 Å². The van der Waals surface area contributed by atoms with Gasteiger partial charge in [0, 0.05) is 6.20 Å². The third kappa shape index (κ3) is 3.02. The molecule has 0 fully saturated rings. The van der Waals surface area contributed by atoms with E-state index in [-0.39, 0.29) is 5.91 Å². The molecule has 1 amide bonds. The molecule has 1 aromatic carbocycles. The summed E-state index contributed by atoms with van der Waals surface area (Å²) < 4.78 is 0. The first-order valence-corrected chi connectivity index (χ1v) is 6.58. The predicted molar refractivity (Wildman–Crippen MR) is 79.6 cm³/mol. The maximum Gasteiger partial charge on any atom is 0.235 e. The molecule has 0 saturated carbocycles. The average molecular weight is 269 g/mol. The molecule has 1 aromatic heterocycles. The molecule has 0 spiro atoms. The Balaban J connectivity index is 2.21. The van der Waals surface area contributed by atoms with Gasteiger partial charge in [-0.3, -0.25) is 4.79 Å². The number of hydrogen-bond acceptors (Lipinski definition) is 3. The summed E-state index contributed by atoms with van der Waals surface area (Å²) in [5.74, 6) is 1.08. The Hall–Kier alpha value is -2.23. The second-order valence-corrected chi connectivity index (χ2v) is 5.43. The fourth-order valence-corrected chi connectivity index (χ4v) is 1.90. The number of aryl methyl sites for hydroxylation is 2. The largest absolute Gasteiger partial charge is 0.310 e. The molecule has 2 rings (SSSR count). The molecule has 1 heterocycles. The lowest BCUT2D eigenvalue weighted by molar-refractivity contribution is -0.120. The van der Waals surface area contributed by atoms with Crippen molar-refractivity contribution in [3.63, 3.8) is 0 Å². The Morgan fingerprint density at radius 2 is 1.75 bits per heavy atom. The highest BCUT2D eigenvalue weighted by Crippen LogP contribution is 2.25. The van der Waals surface area contributed by atoms with Gasteiger partial charge in [0.05, 0.1) is 5.41 Å². The van der Waals surface area contributed by atoms with Crippen molar-refractivity contribution in [2.75, 3.05) is 5.32 Å². The van der Waals surface area contributed by atoms with Crippen LogP contribution in [0.2, 0.25) is 0 Å². The number of benzene rings is 1. The molecule has 0 aliphatic rings. The van der Waals surface area contributed by atoms with Crippen LogP contribution in [0.4, 0.5) is 5.82 Å². The molecule has 0 aliphatic heterocycles. The van der Waals surface area contributed by atoms with Gasteiger partial charge in [0.2, 0.25) is 5.91 Å². The average Bonchev–Trinajstić information content (AvgIpc) is 2.39. The molecular formula is C16H19N3O. The van der Waals surface area contributed by atoms with E-state index in [1.807, 2.05) is 45.0 Å². The number of hydrogen-bond donors (Lipinski definition) is 1. The summed E-state index contributed by atoms with van der Waals surface area (Å²) in [5.41, 5.74) is 1.54. The van der Waals surface area contributed by atoms with E-state index < -0.39 is 5.41 Å². The van der Waals surface area contributed by atoms with Crippen LogP contribution in [-0.2, 0) is 10.2 Å². The zero-order valence-corrected chi connectivity index (χ0v) is 12.3. The number of amides is 1. The van der Waals surface area contributed by atoms with E-state index in [2.05, 4.69) is 15.3 Å². The van der Waals surface area contributed by atoms with Crippen molar-refractivity contribution in [1.82, 2.24) is 9.97 Å². The van der Waals surface area contributed by atoms with Crippen LogP contribution in [-0.4, -0.2) is 15.9 Å². The molecule has 0 bridgehead atoms. The van der Waals surface area contributed by atoms with E-state index in [9.17, 15) is 4.79 Å². The standard InChI is InChI=1S/C16H19N3O/c1-11-5-7-13(8-6-11)16(3,4)15(20)19-14-9-10-17-12(2)18-14/h5-10H,1-4H3,(H,17,18,19,20). The first-order chi connectivity index (χ1) is 9.39. The summed E-state index contributed by atoms with van der Waals surface area (Å²) in [6.07, 6.45) is 1.64. The van der Waals surface area contributed by atoms with Gasteiger partial charge >= 0.3 is 0 Å². The smallest absolute Gasteiger partial charge is 0.235 e. The van der Waals surface area contributed by atoms with Crippen LogP contribution in [0.3, 0.4) is 0 Å². The van der Waals surface area contributed by atoms with Crippen LogP contribution >= 0.6 is 0 Å². The normalized spacial score (nSPS) is 11.2. The highest BCUT2D eigenvalue weighted by molar-refractivity contribution is 5.97. The van der Waals surface area contributed by atoms with E-state index in [4.69, 9.17) is 0 Å². The summed E-state index contributed by atoms with van der Waals surface area (Å²) >= 11 is 0. The summed E-state index contributed by atoms with van der Waals surface area (Å²) in [7, 11) is 0. The monoisotopic (exact) mass is 269 g/mol. The molecule has 0 aliphatic carbocycles. The van der Waals surface area contributed by atoms with Crippen LogP contribution in [0.5, 0.6) is 0 Å². The van der Waals surface area contributed by atoms with Crippen molar-refractivity contribution >= 4 is 11.7 Å². The number of rotatable bonds is 3. The second-order valence-electron chi connectivity index (χ2n) is 5.43. The van der Waals surface area contributed by atoms with E-state index in [1.165, 1.54) is 5.56 Å². The Morgan fingerprint density at radius 3 is 2.35 bits per heavy atom. The highest BCUT2D eigenvalue weighted by Gasteiger charge is 2.29. The minimum atomic E-state index is -0.618. The molecule has 20 heavy (non-hydrogen) atoms. The van der Waals surface area contributed by atoms with Gasteiger partial charge in [-0.2, -0.15) is 0 Å². The zero-order valence-electron chi connectivity index (χ0n) is 12.3. The summed E-state index contributed by atoms with van der Waals surface area (Å²) in [6, 6.07) is 9.69. The van der Waals surface area contributed by atoms with Crippen LogP contribution in [0.15, 0.2) is 36.5 Å². The van der Waals surface area contributed by atoms with Crippen LogP contribution in [0.25, 0.3) is 0 Å². The first-order valence-electron chi connectivity index (χ1n) is 6.58. The summed E-state index contributed by atoms with van der Waals surface area (Å²) in [4.78, 5) is 20.7. The van der Waals surface area contributed by atoms with Crippen molar-refractivity contribution in [1.29, 1.82) is 0 Å². The van der Waals surface area contributed by atoms with Crippen molar-refractivity contribution in [2.24, 2.45) is 0 Å². The predicted octanol–water partition coefficient (Wildman–Crippen LogP) is 3.01. The second kappa shape index (κ2) is 5.41. The SMILES string of the molecule is Cc1ccc(C(C)(C)C(=O)Nc2ccnc(C)n2)cc1. The van der Waals surface area contributed by atoms with Crippen molar-refractivity contribution in [3.8, 4) is 0 Å². The molecule has 2 aromatic rings. The Kier molecular flexibility index (Phi) is 3.84. The third-order valence-corrected chi connectivity index (χ3v) is 3.36. The van der Waals surface area contributed by atoms with Crippen LogP contribution in [0, 0.1) is 13.8 Å². The maximum absolute atomic E-state index is 12.5. The lowest BCUT2D eigenvalue weighted by Gasteiger charge is -2.24. The van der Waals surface area contributed by atoms with E-state index in [0.29, 0.717) is 11.6 Å². The van der Waals surface area contributed by atoms with Crippen molar-refractivity contribution < 1.29 is 4.79 Å². The van der Waals surface area contributed by atoms with Gasteiger partial charge in [0.15, 0.2) is 0 Å². The van der Waals surface area contributed by atoms with E-state index >= 15 is 0 Å². The number of aromatic nitrogens is 2. The van der Waals surface area contributed by atoms with E-state index in [0.717, 1.165) is 5.56 Å². The lowest BCUT2D eigenvalue weighted by atomic mass is 9.83. The minimum absolute atomic E-state index is 0.0838. The molecule has 0 atom stereocenters. The number of nitrogens with one attached hydrogen (secondary N) is 1. The van der Waals surface area contributed by atoms with E-state index in [1.54, 1.807) is 19.2 Å². The molecule has 0 unspecified atom stereocenters. The number of nitrogens with zero attached hydrogens (tertiary/aromatic N) is 2. The van der Waals surface area contributed by atoms with Crippen molar-refractivity contribution in [2.45, 2.75) is 33.1 Å². The Morgan fingerprint density at radius 1 is 1.10 bits per heavy atom. The van der Waals surface area contributed by atoms with Gasteiger partial charge in [-0.05, 0) is 39.3 Å². The zero-order chi connectivity index (χ0) is 14.8. The molecule has 104 valence electrons. The van der Waals surface area contributed by atoms with Crippen LogP contribution in [0.1, 0.15) is 30.8 Å². The summed E-state index contributed by atoms with van der Waals surface area (Å²) in [5, 5.41) is 2.85. The molecule has 1 N–H and O–H groups in total. The third-order valence-electron chi connectivity index (χ3n) is 3.36. The van der Waals surface area contributed by atoms with Gasteiger partial charge in [-0.15, -0.1) is 0 Å². The number of anilines is 1. The summed E-state index contributed by atoms with van der Waals surface area (Å²) in [6.45, 7) is 7.63. The van der Waals surface area contributed by atoms with Crippen molar-refractivity contribution in [3.05, 3.63) is 53.5 Å². The molecule has 4 nitrogen and oxygen atoms in total. The topological polar surface area (TPSA) is 54.9 Å². The first kappa shape index (κ1) is 14.2. The fourth-order valence-electron chi connectivity index (χ4n) is 1.90. The number of carbonyl (C=O) groups excluding carboxylic acids is 1. The molecule has 4 heteroatoms. The van der Waals surface area contributed by atoms with Gasteiger partial charge < -0.3 is 5.32 Å². The van der Waals surface area contributed by atoms with Gasteiger partial charge in [0.25, 0.3) is 0 Å². The quantitative estimate of drug-likeness (QED) is 0.932. The fraction of sp³-hybridized carbons (Fsp3) is 0.312. The molecule has 0 radical (unpaired) electrons. The Bertz CT molecular complexity index is 618. The Labute approximate surface area is 119 Å².